The number of imidazole rings is 1. The SMILES string of the molecule is COCC(NC(=O)Cc1csc2nc(C)cn12)C(=O)O. The van der Waals surface area contributed by atoms with Crippen molar-refractivity contribution in [2.24, 2.45) is 0 Å². The van der Waals surface area contributed by atoms with E-state index in [1.807, 2.05) is 22.9 Å². The summed E-state index contributed by atoms with van der Waals surface area (Å²) >= 11 is 1.44. The Balaban J connectivity index is 2.05. The second-order valence-corrected chi connectivity index (χ2v) is 5.19. The van der Waals surface area contributed by atoms with Crippen molar-refractivity contribution in [2.45, 2.75) is 19.4 Å². The van der Waals surface area contributed by atoms with Crippen molar-refractivity contribution in [3.8, 4) is 0 Å². The highest BCUT2D eigenvalue weighted by Crippen LogP contribution is 2.16. The lowest BCUT2D eigenvalue weighted by molar-refractivity contribution is -0.143. The van der Waals surface area contributed by atoms with E-state index in [-0.39, 0.29) is 18.9 Å². The topological polar surface area (TPSA) is 92.9 Å². The highest BCUT2D eigenvalue weighted by Gasteiger charge is 2.20. The predicted octanol–water partition coefficient (Wildman–Crippen LogP) is 0.463. The molecule has 0 aliphatic carbocycles. The Hall–Kier alpha value is -1.93. The number of hydrogen-bond donors (Lipinski definition) is 2. The zero-order valence-corrected chi connectivity index (χ0v) is 11.9. The van der Waals surface area contributed by atoms with E-state index in [1.165, 1.54) is 18.4 Å². The van der Waals surface area contributed by atoms with E-state index in [1.54, 1.807) is 0 Å². The Morgan fingerprint density at radius 3 is 3.00 bits per heavy atom. The van der Waals surface area contributed by atoms with Gasteiger partial charge in [-0.3, -0.25) is 9.20 Å². The van der Waals surface area contributed by atoms with Crippen molar-refractivity contribution in [3.05, 3.63) is 23.0 Å². The molecule has 8 heteroatoms. The van der Waals surface area contributed by atoms with Crippen molar-refractivity contribution in [1.82, 2.24) is 14.7 Å². The number of carboxylic acids is 1. The molecular weight excluding hydrogens is 282 g/mol. The molecule has 0 radical (unpaired) electrons. The Bertz CT molecular complexity index is 634. The van der Waals surface area contributed by atoms with Gasteiger partial charge in [0, 0.05) is 24.4 Å². The molecule has 0 spiro atoms. The van der Waals surface area contributed by atoms with Crippen molar-refractivity contribution in [2.75, 3.05) is 13.7 Å². The fourth-order valence-corrected chi connectivity index (χ4v) is 2.74. The van der Waals surface area contributed by atoms with Gasteiger partial charge in [0.05, 0.1) is 18.7 Å². The van der Waals surface area contributed by atoms with Gasteiger partial charge in [-0.05, 0) is 6.92 Å². The largest absolute Gasteiger partial charge is 0.480 e. The van der Waals surface area contributed by atoms with Crippen molar-refractivity contribution < 1.29 is 19.4 Å². The van der Waals surface area contributed by atoms with Crippen LogP contribution in [0.3, 0.4) is 0 Å². The molecule has 7 nitrogen and oxygen atoms in total. The quantitative estimate of drug-likeness (QED) is 0.808. The molecule has 0 aliphatic heterocycles. The number of methoxy groups -OCH3 is 1. The normalized spacial score (nSPS) is 12.5. The first-order valence-electron chi connectivity index (χ1n) is 5.94. The molecule has 2 aromatic rings. The minimum absolute atomic E-state index is 0.0652. The van der Waals surface area contributed by atoms with Crippen LogP contribution in [0.4, 0.5) is 0 Å². The molecule has 20 heavy (non-hydrogen) atoms. The summed E-state index contributed by atoms with van der Waals surface area (Å²) in [6.45, 7) is 1.81. The molecule has 0 saturated carbocycles. The molecule has 2 rings (SSSR count). The van der Waals surface area contributed by atoms with Crippen LogP contribution < -0.4 is 5.32 Å². The first-order chi connectivity index (χ1) is 9.51. The maximum absolute atomic E-state index is 11.9. The summed E-state index contributed by atoms with van der Waals surface area (Å²) in [7, 11) is 1.39. The number of carboxylic acid groups (broad SMARTS) is 1. The Morgan fingerprint density at radius 1 is 1.60 bits per heavy atom. The summed E-state index contributed by atoms with van der Waals surface area (Å²) in [5.74, 6) is -1.48. The molecule has 2 heterocycles. The number of amides is 1. The van der Waals surface area contributed by atoms with Gasteiger partial charge in [-0.2, -0.15) is 0 Å². The van der Waals surface area contributed by atoms with Crippen LogP contribution in [0, 0.1) is 6.92 Å². The summed E-state index contributed by atoms with van der Waals surface area (Å²) < 4.78 is 6.61. The predicted molar refractivity (Wildman–Crippen MR) is 73.0 cm³/mol. The summed E-state index contributed by atoms with van der Waals surface area (Å²) in [6, 6.07) is -1.04. The number of rotatable bonds is 6. The lowest BCUT2D eigenvalue weighted by Crippen LogP contribution is -2.44. The van der Waals surface area contributed by atoms with Crippen molar-refractivity contribution in [3.63, 3.8) is 0 Å². The molecule has 1 unspecified atom stereocenters. The number of nitrogens with zero attached hydrogens (tertiary/aromatic N) is 2. The third-order valence-electron chi connectivity index (χ3n) is 2.71. The molecule has 0 aliphatic rings. The number of aliphatic carboxylic acids is 1. The number of carbonyl (C=O) groups is 2. The average molecular weight is 297 g/mol. The third-order valence-corrected chi connectivity index (χ3v) is 3.60. The molecular formula is C12H15N3O4S. The van der Waals surface area contributed by atoms with Gasteiger partial charge in [0.2, 0.25) is 5.91 Å². The second-order valence-electron chi connectivity index (χ2n) is 4.35. The van der Waals surface area contributed by atoms with Crippen LogP contribution in [0.2, 0.25) is 0 Å². The van der Waals surface area contributed by atoms with E-state index < -0.39 is 12.0 Å². The molecule has 1 atom stereocenters. The van der Waals surface area contributed by atoms with Gasteiger partial charge in [-0.15, -0.1) is 11.3 Å². The summed E-state index contributed by atoms with van der Waals surface area (Å²) in [4.78, 5) is 27.9. The molecule has 0 bridgehead atoms. The first-order valence-corrected chi connectivity index (χ1v) is 6.82. The smallest absolute Gasteiger partial charge is 0.328 e. The Labute approximate surface area is 119 Å². The summed E-state index contributed by atoms with van der Waals surface area (Å²) in [5.41, 5.74) is 1.66. The van der Waals surface area contributed by atoms with E-state index in [4.69, 9.17) is 9.84 Å². The number of carbonyl (C=O) groups excluding carboxylic acids is 1. The Kier molecular flexibility index (Phi) is 4.35. The molecule has 0 fully saturated rings. The van der Waals surface area contributed by atoms with Crippen LogP contribution in [0.15, 0.2) is 11.6 Å². The van der Waals surface area contributed by atoms with Gasteiger partial charge in [0.25, 0.3) is 0 Å². The van der Waals surface area contributed by atoms with Crippen LogP contribution in [0.1, 0.15) is 11.4 Å². The zero-order valence-electron chi connectivity index (χ0n) is 11.1. The van der Waals surface area contributed by atoms with Crippen LogP contribution in [-0.2, 0) is 20.7 Å². The van der Waals surface area contributed by atoms with Crippen molar-refractivity contribution in [1.29, 1.82) is 0 Å². The summed E-state index contributed by atoms with van der Waals surface area (Å²) in [5, 5.41) is 13.2. The number of aryl methyl sites for hydroxylation is 1. The number of nitrogens with one attached hydrogen (secondary N) is 1. The molecule has 2 aromatic heterocycles. The average Bonchev–Trinajstić information content (AvgIpc) is 2.89. The van der Waals surface area contributed by atoms with Gasteiger partial charge < -0.3 is 15.2 Å². The van der Waals surface area contributed by atoms with Gasteiger partial charge in [0.1, 0.15) is 0 Å². The lowest BCUT2D eigenvalue weighted by Gasteiger charge is -2.13. The fourth-order valence-electron chi connectivity index (χ4n) is 1.82. The van der Waals surface area contributed by atoms with Gasteiger partial charge >= 0.3 is 5.97 Å². The maximum Gasteiger partial charge on any atom is 0.328 e. The van der Waals surface area contributed by atoms with Crippen LogP contribution in [-0.4, -0.2) is 46.1 Å². The zero-order chi connectivity index (χ0) is 14.7. The number of fused-ring (bicyclic) bond motifs is 1. The van der Waals surface area contributed by atoms with E-state index in [0.717, 1.165) is 16.3 Å². The molecule has 1 amide bonds. The second kappa shape index (κ2) is 6.02. The maximum atomic E-state index is 11.9. The lowest BCUT2D eigenvalue weighted by atomic mass is 10.2. The first kappa shape index (κ1) is 14.5. The number of ether oxygens (including phenoxy) is 1. The van der Waals surface area contributed by atoms with E-state index in [2.05, 4.69) is 10.3 Å². The van der Waals surface area contributed by atoms with Gasteiger partial charge in [0.15, 0.2) is 11.0 Å². The van der Waals surface area contributed by atoms with Crippen LogP contribution in [0.25, 0.3) is 4.96 Å². The molecule has 0 saturated heterocycles. The Morgan fingerprint density at radius 2 is 2.35 bits per heavy atom. The minimum atomic E-state index is -1.12. The standard InChI is InChI=1S/C12H15N3O4S/c1-7-4-15-8(6-20-12(15)13-7)3-10(16)14-9(5-19-2)11(17)18/h4,6,9H,3,5H2,1-2H3,(H,14,16)(H,17,18). The minimum Gasteiger partial charge on any atom is -0.480 e. The molecule has 2 N–H and O–H groups in total. The van der Waals surface area contributed by atoms with Gasteiger partial charge in [-0.25, -0.2) is 9.78 Å². The number of aromatic nitrogens is 2. The van der Waals surface area contributed by atoms with Crippen LogP contribution in [0.5, 0.6) is 0 Å². The fraction of sp³-hybridized carbons (Fsp3) is 0.417. The molecule has 108 valence electrons. The number of thiazole rings is 1. The van der Waals surface area contributed by atoms with E-state index >= 15 is 0 Å². The highest BCUT2D eigenvalue weighted by atomic mass is 32.1. The molecule has 0 aromatic carbocycles. The monoisotopic (exact) mass is 297 g/mol. The van der Waals surface area contributed by atoms with Crippen LogP contribution >= 0.6 is 11.3 Å². The van der Waals surface area contributed by atoms with E-state index in [0.29, 0.717) is 0 Å². The highest BCUT2D eigenvalue weighted by molar-refractivity contribution is 7.15. The van der Waals surface area contributed by atoms with Gasteiger partial charge in [-0.1, -0.05) is 0 Å². The summed E-state index contributed by atoms with van der Waals surface area (Å²) in [6.07, 6.45) is 1.95. The van der Waals surface area contributed by atoms with E-state index in [9.17, 15) is 9.59 Å². The van der Waals surface area contributed by atoms with Crippen molar-refractivity contribution >= 4 is 28.2 Å². The number of hydrogen-bond acceptors (Lipinski definition) is 5. The third kappa shape index (κ3) is 3.14.